The fourth-order valence-corrected chi connectivity index (χ4v) is 2.45. The zero-order valence-electron chi connectivity index (χ0n) is 11.9. The third-order valence-electron chi connectivity index (χ3n) is 3.64. The molecule has 3 nitrogen and oxygen atoms in total. The maximum atomic E-state index is 5.93. The lowest BCUT2D eigenvalue weighted by atomic mass is 10.1. The average Bonchev–Trinajstić information content (AvgIpc) is 2.83. The number of furan rings is 1. The van der Waals surface area contributed by atoms with E-state index >= 15 is 0 Å². The molecule has 3 heteroatoms. The number of benzene rings is 1. The molecule has 2 rings (SSSR count). The number of nitrogens with two attached hydrogens (primary N) is 1. The summed E-state index contributed by atoms with van der Waals surface area (Å²) >= 11 is 0. The minimum absolute atomic E-state index is 0.171. The van der Waals surface area contributed by atoms with Crippen molar-refractivity contribution in [1.82, 2.24) is 4.90 Å². The van der Waals surface area contributed by atoms with E-state index in [0.29, 0.717) is 6.54 Å². The minimum atomic E-state index is 0.171. The molecule has 0 spiro atoms. The van der Waals surface area contributed by atoms with Gasteiger partial charge in [-0.2, -0.15) is 0 Å². The van der Waals surface area contributed by atoms with Gasteiger partial charge in [0.25, 0.3) is 0 Å². The molecule has 0 amide bonds. The number of hydrogen-bond donors (Lipinski definition) is 1. The molecule has 1 unspecified atom stereocenters. The molecule has 104 valence electrons. The van der Waals surface area contributed by atoms with Crippen LogP contribution < -0.4 is 5.73 Å². The first-order valence-corrected chi connectivity index (χ1v) is 7.15. The van der Waals surface area contributed by atoms with E-state index in [4.69, 9.17) is 10.2 Å². The molecule has 0 aliphatic carbocycles. The summed E-state index contributed by atoms with van der Waals surface area (Å²) in [5.74, 6) is 0.975. The van der Waals surface area contributed by atoms with Crippen molar-refractivity contribution in [3.8, 4) is 0 Å². The van der Waals surface area contributed by atoms with Gasteiger partial charge in [-0.25, -0.2) is 0 Å². The Labute approximate surface area is 115 Å². The Morgan fingerprint density at radius 1 is 1.26 bits per heavy atom. The van der Waals surface area contributed by atoms with E-state index in [2.05, 4.69) is 31.0 Å². The maximum absolute atomic E-state index is 5.93. The van der Waals surface area contributed by atoms with Gasteiger partial charge in [-0.15, -0.1) is 0 Å². The van der Waals surface area contributed by atoms with Crippen molar-refractivity contribution in [1.29, 1.82) is 0 Å². The zero-order chi connectivity index (χ0) is 13.7. The molecule has 0 fully saturated rings. The summed E-state index contributed by atoms with van der Waals surface area (Å²) in [5.41, 5.74) is 6.87. The SMILES string of the molecule is CCCCCN(C)C(CN)c1cc2ccccc2o1. The summed E-state index contributed by atoms with van der Waals surface area (Å²) in [4.78, 5) is 2.30. The highest BCUT2D eigenvalue weighted by molar-refractivity contribution is 5.77. The summed E-state index contributed by atoms with van der Waals surface area (Å²) in [6.07, 6.45) is 3.72. The van der Waals surface area contributed by atoms with Crippen molar-refractivity contribution in [2.24, 2.45) is 5.73 Å². The molecule has 0 radical (unpaired) electrons. The van der Waals surface area contributed by atoms with Crippen molar-refractivity contribution < 1.29 is 4.42 Å². The molecule has 0 saturated carbocycles. The van der Waals surface area contributed by atoms with Gasteiger partial charge in [-0.3, -0.25) is 4.90 Å². The van der Waals surface area contributed by atoms with Crippen molar-refractivity contribution >= 4 is 11.0 Å². The van der Waals surface area contributed by atoms with Crippen LogP contribution in [0.15, 0.2) is 34.7 Å². The predicted molar refractivity (Wildman–Crippen MR) is 80.2 cm³/mol. The van der Waals surface area contributed by atoms with Gasteiger partial charge in [-0.1, -0.05) is 38.0 Å². The number of unbranched alkanes of at least 4 members (excludes halogenated alkanes) is 2. The van der Waals surface area contributed by atoms with Gasteiger partial charge in [0, 0.05) is 11.9 Å². The van der Waals surface area contributed by atoms with E-state index in [1.54, 1.807) is 0 Å². The fraction of sp³-hybridized carbons (Fsp3) is 0.500. The topological polar surface area (TPSA) is 42.4 Å². The fourth-order valence-electron chi connectivity index (χ4n) is 2.45. The molecule has 1 atom stereocenters. The largest absolute Gasteiger partial charge is 0.459 e. The van der Waals surface area contributed by atoms with Gasteiger partial charge >= 0.3 is 0 Å². The van der Waals surface area contributed by atoms with Gasteiger partial charge in [-0.05, 0) is 32.1 Å². The molecule has 0 bridgehead atoms. The zero-order valence-corrected chi connectivity index (χ0v) is 11.9. The highest BCUT2D eigenvalue weighted by atomic mass is 16.3. The molecule has 2 aromatic rings. The smallest absolute Gasteiger partial charge is 0.134 e. The van der Waals surface area contributed by atoms with Crippen LogP contribution in [0.4, 0.5) is 0 Å². The van der Waals surface area contributed by atoms with Crippen molar-refractivity contribution in [2.75, 3.05) is 20.1 Å². The maximum Gasteiger partial charge on any atom is 0.134 e. The Bertz CT molecular complexity index is 473. The van der Waals surface area contributed by atoms with E-state index in [-0.39, 0.29) is 6.04 Å². The van der Waals surface area contributed by atoms with E-state index in [1.807, 2.05) is 18.2 Å². The highest BCUT2D eigenvalue weighted by Crippen LogP contribution is 2.26. The Kier molecular flexibility index (Phi) is 5.00. The standard InChI is InChI=1S/C16H24N2O/c1-3-4-7-10-18(2)14(12-17)16-11-13-8-5-6-9-15(13)19-16/h5-6,8-9,11,14H,3-4,7,10,12,17H2,1-2H3. The van der Waals surface area contributed by atoms with Gasteiger partial charge in [0.05, 0.1) is 6.04 Å². The van der Waals surface area contributed by atoms with Gasteiger partial charge in [0.15, 0.2) is 0 Å². The third kappa shape index (κ3) is 3.37. The van der Waals surface area contributed by atoms with E-state index in [9.17, 15) is 0 Å². The van der Waals surface area contributed by atoms with Crippen LogP contribution in [0.5, 0.6) is 0 Å². The average molecular weight is 260 g/mol. The molecule has 1 aromatic heterocycles. The number of hydrogen-bond acceptors (Lipinski definition) is 3. The van der Waals surface area contributed by atoms with Crippen molar-refractivity contribution in [2.45, 2.75) is 32.2 Å². The molecule has 19 heavy (non-hydrogen) atoms. The summed E-state index contributed by atoms with van der Waals surface area (Å²) in [5, 5.41) is 1.15. The lowest BCUT2D eigenvalue weighted by Crippen LogP contribution is -2.31. The first kappa shape index (κ1) is 14.1. The van der Waals surface area contributed by atoms with Crippen molar-refractivity contribution in [3.05, 3.63) is 36.1 Å². The lowest BCUT2D eigenvalue weighted by molar-refractivity contribution is 0.219. The molecule has 2 N–H and O–H groups in total. The van der Waals surface area contributed by atoms with Crippen molar-refractivity contribution in [3.63, 3.8) is 0 Å². The third-order valence-corrected chi connectivity index (χ3v) is 3.64. The second-order valence-corrected chi connectivity index (χ2v) is 5.13. The van der Waals surface area contributed by atoms with Crippen LogP contribution in [-0.2, 0) is 0 Å². The lowest BCUT2D eigenvalue weighted by Gasteiger charge is -2.25. The van der Waals surface area contributed by atoms with E-state index in [0.717, 1.165) is 23.3 Å². The van der Waals surface area contributed by atoms with E-state index < -0.39 is 0 Å². The molecular formula is C16H24N2O. The number of nitrogens with zero attached hydrogens (tertiary/aromatic N) is 1. The minimum Gasteiger partial charge on any atom is -0.459 e. The van der Waals surface area contributed by atoms with Crippen LogP contribution in [0, 0.1) is 0 Å². The number of rotatable bonds is 7. The quantitative estimate of drug-likeness (QED) is 0.774. The van der Waals surface area contributed by atoms with Crippen LogP contribution in [0.3, 0.4) is 0 Å². The summed E-state index contributed by atoms with van der Waals surface area (Å²) in [6, 6.07) is 10.4. The summed E-state index contributed by atoms with van der Waals surface area (Å²) < 4.78 is 5.93. The first-order chi connectivity index (χ1) is 9.26. The van der Waals surface area contributed by atoms with Crippen LogP contribution in [-0.4, -0.2) is 25.0 Å². The predicted octanol–water partition coefficient (Wildman–Crippen LogP) is 3.55. The summed E-state index contributed by atoms with van der Waals surface area (Å²) in [7, 11) is 2.13. The number of fused-ring (bicyclic) bond motifs is 1. The Morgan fingerprint density at radius 2 is 2.05 bits per heavy atom. The second kappa shape index (κ2) is 6.73. The first-order valence-electron chi connectivity index (χ1n) is 7.15. The van der Waals surface area contributed by atoms with Crippen LogP contribution in [0.2, 0.25) is 0 Å². The van der Waals surface area contributed by atoms with Crippen LogP contribution >= 0.6 is 0 Å². The van der Waals surface area contributed by atoms with Crippen LogP contribution in [0.25, 0.3) is 11.0 Å². The molecule has 0 aliphatic heterocycles. The monoisotopic (exact) mass is 260 g/mol. The van der Waals surface area contributed by atoms with Gasteiger partial charge < -0.3 is 10.2 Å². The van der Waals surface area contributed by atoms with Gasteiger partial charge in [0.1, 0.15) is 11.3 Å². The molecule has 0 aliphatic rings. The van der Waals surface area contributed by atoms with Gasteiger partial charge in [0.2, 0.25) is 0 Å². The van der Waals surface area contributed by atoms with Crippen LogP contribution in [0.1, 0.15) is 38.0 Å². The Morgan fingerprint density at radius 3 is 2.74 bits per heavy atom. The highest BCUT2D eigenvalue weighted by Gasteiger charge is 2.19. The number of likely N-dealkylation sites (N-methyl/N-ethyl adjacent to an activating group) is 1. The molecule has 1 heterocycles. The Hall–Kier alpha value is -1.32. The molecule has 1 aromatic carbocycles. The Balaban J connectivity index is 2.11. The second-order valence-electron chi connectivity index (χ2n) is 5.13. The van der Waals surface area contributed by atoms with E-state index in [1.165, 1.54) is 19.3 Å². The number of para-hydroxylation sites is 1. The summed E-state index contributed by atoms with van der Waals surface area (Å²) in [6.45, 7) is 3.87. The molecule has 0 saturated heterocycles. The normalized spacial score (nSPS) is 13.3. The molecular weight excluding hydrogens is 236 g/mol.